The lowest BCUT2D eigenvalue weighted by molar-refractivity contribution is -0.134. The average Bonchev–Trinajstić information content (AvgIpc) is 2.30. The van der Waals surface area contributed by atoms with Crippen molar-refractivity contribution in [2.75, 3.05) is 32.8 Å². The van der Waals surface area contributed by atoms with Crippen LogP contribution in [0, 0.1) is 0 Å². The van der Waals surface area contributed by atoms with Gasteiger partial charge in [0, 0.05) is 26.2 Å². The highest BCUT2D eigenvalue weighted by Gasteiger charge is 2.22. The summed E-state index contributed by atoms with van der Waals surface area (Å²) in [4.78, 5) is 13.9. The maximum absolute atomic E-state index is 12.0. The Balaban J connectivity index is 1.80. The normalized spacial score (nSPS) is 26.4. The Labute approximate surface area is 96.6 Å². The van der Waals surface area contributed by atoms with Crippen LogP contribution >= 0.6 is 0 Å². The Morgan fingerprint density at radius 2 is 2.56 bits per heavy atom. The van der Waals surface area contributed by atoms with E-state index in [0.717, 1.165) is 39.2 Å². The van der Waals surface area contributed by atoms with Crippen LogP contribution in [0.5, 0.6) is 0 Å². The maximum Gasteiger partial charge on any atom is 0.225 e. The smallest absolute Gasteiger partial charge is 0.225 e. The minimum absolute atomic E-state index is 0.0625. The Hall–Kier alpha value is -0.870. The van der Waals surface area contributed by atoms with Crippen molar-refractivity contribution in [2.24, 2.45) is 0 Å². The molecule has 90 valence electrons. The van der Waals surface area contributed by atoms with E-state index in [1.54, 1.807) is 0 Å². The van der Waals surface area contributed by atoms with Gasteiger partial charge in [0.05, 0.1) is 19.1 Å². The molecule has 1 fully saturated rings. The largest absolute Gasteiger partial charge is 0.375 e. The Morgan fingerprint density at radius 1 is 1.69 bits per heavy atom. The third-order valence-corrected chi connectivity index (χ3v) is 3.09. The van der Waals surface area contributed by atoms with E-state index in [4.69, 9.17) is 4.74 Å². The van der Waals surface area contributed by atoms with Crippen molar-refractivity contribution in [1.82, 2.24) is 10.2 Å². The zero-order chi connectivity index (χ0) is 11.4. The molecule has 2 rings (SSSR count). The van der Waals surface area contributed by atoms with Gasteiger partial charge in [-0.05, 0) is 13.3 Å². The number of hydrogen-bond acceptors (Lipinski definition) is 3. The predicted molar refractivity (Wildman–Crippen MR) is 62.2 cm³/mol. The summed E-state index contributed by atoms with van der Waals surface area (Å²) in [6, 6.07) is 0. The number of carbonyl (C=O) groups excluding carboxylic acids is 1. The van der Waals surface area contributed by atoms with Crippen LogP contribution in [0.4, 0.5) is 0 Å². The quantitative estimate of drug-likeness (QED) is 0.696. The van der Waals surface area contributed by atoms with Crippen LogP contribution in [-0.2, 0) is 9.53 Å². The lowest BCUT2D eigenvalue weighted by Gasteiger charge is -2.29. The molecule has 0 saturated carbocycles. The van der Waals surface area contributed by atoms with Crippen molar-refractivity contribution < 1.29 is 9.53 Å². The molecule has 0 aromatic carbocycles. The zero-order valence-corrected chi connectivity index (χ0v) is 9.87. The Bertz CT molecular complexity index is 283. The third kappa shape index (κ3) is 3.06. The fourth-order valence-electron chi connectivity index (χ4n) is 2.20. The summed E-state index contributed by atoms with van der Waals surface area (Å²) >= 11 is 0. The molecular weight excluding hydrogens is 204 g/mol. The van der Waals surface area contributed by atoms with Crippen LogP contribution in [0.2, 0.25) is 0 Å². The number of morpholine rings is 1. The summed E-state index contributed by atoms with van der Waals surface area (Å²) in [6.07, 6.45) is 3.77. The van der Waals surface area contributed by atoms with E-state index >= 15 is 0 Å². The van der Waals surface area contributed by atoms with Crippen LogP contribution < -0.4 is 5.32 Å². The van der Waals surface area contributed by atoms with Gasteiger partial charge in [-0.1, -0.05) is 11.6 Å². The molecule has 1 atom stereocenters. The number of ether oxygens (including phenoxy) is 1. The first-order valence-electron chi connectivity index (χ1n) is 6.01. The summed E-state index contributed by atoms with van der Waals surface area (Å²) in [5.41, 5.74) is 1.29. The molecule has 1 N–H and O–H groups in total. The van der Waals surface area contributed by atoms with Gasteiger partial charge >= 0.3 is 0 Å². The molecule has 2 aliphatic rings. The van der Waals surface area contributed by atoms with E-state index in [2.05, 4.69) is 18.3 Å². The predicted octanol–water partition coefficient (Wildman–Crippen LogP) is 0.544. The minimum Gasteiger partial charge on any atom is -0.375 e. The molecule has 1 saturated heterocycles. The van der Waals surface area contributed by atoms with Crippen LogP contribution in [0.3, 0.4) is 0 Å². The van der Waals surface area contributed by atoms with Gasteiger partial charge in [0.25, 0.3) is 0 Å². The Morgan fingerprint density at radius 3 is 3.25 bits per heavy atom. The summed E-state index contributed by atoms with van der Waals surface area (Å²) in [5, 5.41) is 3.24. The number of rotatable bonds is 2. The maximum atomic E-state index is 12.0. The highest BCUT2D eigenvalue weighted by Crippen LogP contribution is 2.12. The van der Waals surface area contributed by atoms with Crippen molar-refractivity contribution in [3.05, 3.63) is 11.6 Å². The number of nitrogens with zero attached hydrogens (tertiary/aromatic N) is 1. The van der Waals surface area contributed by atoms with Gasteiger partial charge in [-0.25, -0.2) is 0 Å². The van der Waals surface area contributed by atoms with Gasteiger partial charge in [-0.15, -0.1) is 0 Å². The molecule has 2 heterocycles. The van der Waals surface area contributed by atoms with E-state index in [1.807, 2.05) is 4.90 Å². The average molecular weight is 224 g/mol. The van der Waals surface area contributed by atoms with Crippen LogP contribution in [-0.4, -0.2) is 49.7 Å². The highest BCUT2D eigenvalue weighted by molar-refractivity contribution is 5.77. The molecule has 0 spiro atoms. The van der Waals surface area contributed by atoms with Gasteiger partial charge in [0.15, 0.2) is 0 Å². The first-order valence-corrected chi connectivity index (χ1v) is 6.01. The second kappa shape index (κ2) is 5.46. The van der Waals surface area contributed by atoms with Gasteiger partial charge < -0.3 is 15.0 Å². The second-order valence-corrected chi connectivity index (χ2v) is 4.56. The van der Waals surface area contributed by atoms with Crippen LogP contribution in [0.25, 0.3) is 0 Å². The SMILES string of the molecule is CC1=CCCN(C(=O)CC2CNCCO2)C1. The molecule has 0 radical (unpaired) electrons. The van der Waals surface area contributed by atoms with Crippen molar-refractivity contribution in [1.29, 1.82) is 0 Å². The monoisotopic (exact) mass is 224 g/mol. The van der Waals surface area contributed by atoms with Gasteiger partial charge in [0.2, 0.25) is 5.91 Å². The van der Waals surface area contributed by atoms with Crippen molar-refractivity contribution in [3.63, 3.8) is 0 Å². The molecule has 4 heteroatoms. The van der Waals surface area contributed by atoms with E-state index < -0.39 is 0 Å². The third-order valence-electron chi connectivity index (χ3n) is 3.09. The molecule has 0 aliphatic carbocycles. The highest BCUT2D eigenvalue weighted by atomic mass is 16.5. The molecule has 0 bridgehead atoms. The molecular formula is C12H20N2O2. The van der Waals surface area contributed by atoms with Gasteiger partial charge in [0.1, 0.15) is 0 Å². The van der Waals surface area contributed by atoms with Crippen LogP contribution in [0.1, 0.15) is 19.8 Å². The topological polar surface area (TPSA) is 41.6 Å². The molecule has 0 aromatic heterocycles. The first-order chi connectivity index (χ1) is 7.75. The molecule has 4 nitrogen and oxygen atoms in total. The molecule has 0 aromatic rings. The summed E-state index contributed by atoms with van der Waals surface area (Å²) in [7, 11) is 0. The molecule has 16 heavy (non-hydrogen) atoms. The van der Waals surface area contributed by atoms with E-state index in [0.29, 0.717) is 6.42 Å². The van der Waals surface area contributed by atoms with E-state index in [-0.39, 0.29) is 12.0 Å². The second-order valence-electron chi connectivity index (χ2n) is 4.56. The van der Waals surface area contributed by atoms with Crippen molar-refractivity contribution in [2.45, 2.75) is 25.9 Å². The summed E-state index contributed by atoms with van der Waals surface area (Å²) in [6.45, 7) is 6.15. The number of carbonyl (C=O) groups is 1. The summed E-state index contributed by atoms with van der Waals surface area (Å²) < 4.78 is 5.54. The van der Waals surface area contributed by atoms with Crippen LogP contribution in [0.15, 0.2) is 11.6 Å². The molecule has 1 amide bonds. The fraction of sp³-hybridized carbons (Fsp3) is 0.750. The lowest BCUT2D eigenvalue weighted by atomic mass is 10.1. The standard InChI is InChI=1S/C12H20N2O2/c1-10-3-2-5-14(9-10)12(15)7-11-8-13-4-6-16-11/h3,11,13H,2,4-9H2,1H3. The number of hydrogen-bond donors (Lipinski definition) is 1. The number of amides is 1. The Kier molecular flexibility index (Phi) is 3.96. The van der Waals surface area contributed by atoms with Gasteiger partial charge in [-0.2, -0.15) is 0 Å². The van der Waals surface area contributed by atoms with Crippen molar-refractivity contribution >= 4 is 5.91 Å². The first kappa shape index (κ1) is 11.6. The molecule has 1 unspecified atom stereocenters. The minimum atomic E-state index is 0.0625. The van der Waals surface area contributed by atoms with Crippen molar-refractivity contribution in [3.8, 4) is 0 Å². The van der Waals surface area contributed by atoms with E-state index in [9.17, 15) is 4.79 Å². The van der Waals surface area contributed by atoms with Gasteiger partial charge in [-0.3, -0.25) is 4.79 Å². The van der Waals surface area contributed by atoms with E-state index in [1.165, 1.54) is 5.57 Å². The zero-order valence-electron chi connectivity index (χ0n) is 9.87. The number of nitrogens with one attached hydrogen (secondary N) is 1. The fourth-order valence-corrected chi connectivity index (χ4v) is 2.20. The molecule has 2 aliphatic heterocycles. The lowest BCUT2D eigenvalue weighted by Crippen LogP contribution is -2.43. The summed E-state index contributed by atoms with van der Waals surface area (Å²) in [5.74, 6) is 0.223.